The van der Waals surface area contributed by atoms with E-state index in [0.717, 1.165) is 0 Å². The Balaban J connectivity index is 3.26. The van der Waals surface area contributed by atoms with Crippen LogP contribution in [-0.4, -0.2) is 11.2 Å². The summed E-state index contributed by atoms with van der Waals surface area (Å²) in [5, 5.41) is 7.54. The van der Waals surface area contributed by atoms with E-state index < -0.39 is 11.8 Å². The van der Waals surface area contributed by atoms with Crippen molar-refractivity contribution in [1.82, 2.24) is 0 Å². The molecule has 0 aromatic heterocycles. The van der Waals surface area contributed by atoms with Crippen molar-refractivity contribution >= 4 is 6.09 Å². The van der Waals surface area contributed by atoms with Gasteiger partial charge in [0.05, 0.1) is 0 Å². The summed E-state index contributed by atoms with van der Waals surface area (Å²) in [5.41, 5.74) is -0.417. The van der Waals surface area contributed by atoms with Crippen molar-refractivity contribution in [1.29, 1.82) is 0 Å². The highest BCUT2D eigenvalue weighted by molar-refractivity contribution is 5.61. The second kappa shape index (κ2) is 0.711. The number of carboxylic acid groups (broad SMARTS) is 1. The van der Waals surface area contributed by atoms with Gasteiger partial charge in [0.15, 0.2) is 2.82 Å². The molecule has 0 radical (unpaired) electrons. The van der Waals surface area contributed by atoms with Crippen LogP contribution in [-0.2, 0) is 0 Å². The van der Waals surface area contributed by atoms with Crippen molar-refractivity contribution < 1.29 is 12.7 Å². The predicted molar refractivity (Wildman–Crippen MR) is 12.2 cm³/mol. The quantitative estimate of drug-likeness (QED) is 0.402. The zero-order valence-corrected chi connectivity index (χ0v) is 1.80. The Morgan fingerprint density at radius 2 is 2.75 bits per heavy atom. The molecule has 0 spiro atoms. The van der Waals surface area contributed by atoms with Gasteiger partial charge in [-0.1, -0.05) is 0 Å². The summed E-state index contributed by atoms with van der Waals surface area (Å²) >= 11 is 0. The first-order valence-corrected chi connectivity index (χ1v) is 0.651. The van der Waals surface area contributed by atoms with E-state index in [0.29, 0.717) is 0 Å². The van der Waals surface area contributed by atoms with Crippen LogP contribution in [0.15, 0.2) is 0 Å². The number of hydrogen-bond donors (Lipinski definition) is 2. The lowest BCUT2D eigenvalue weighted by molar-refractivity contribution is 0.205. The zero-order valence-electron chi connectivity index (χ0n) is 3.80. The standard InChI is InChI=1S/CH3NO2/c2-1(3)4/h2H2,(H,3,4)/i/hD2. The summed E-state index contributed by atoms with van der Waals surface area (Å²) in [4.78, 5) is 9.25. The lowest BCUT2D eigenvalue weighted by atomic mass is 11.3. The van der Waals surface area contributed by atoms with E-state index >= 15 is 0 Å². The van der Waals surface area contributed by atoms with Crippen molar-refractivity contribution in [2.75, 3.05) is 0 Å². The molecule has 0 aliphatic carbocycles. The summed E-state index contributed by atoms with van der Waals surface area (Å²) in [6.45, 7) is 0. The van der Waals surface area contributed by atoms with Crippen molar-refractivity contribution in [2.45, 2.75) is 0 Å². The molecular formula is CH3NO2. The van der Waals surface area contributed by atoms with Crippen LogP contribution in [0.4, 0.5) is 4.79 Å². The summed E-state index contributed by atoms with van der Waals surface area (Å²) < 4.78 is 11.9. The van der Waals surface area contributed by atoms with E-state index in [1.54, 1.807) is 0 Å². The topological polar surface area (TPSA) is 63.3 Å². The third-order valence-corrected chi connectivity index (χ3v) is 0. The fourth-order valence-electron chi connectivity index (χ4n) is 0. The Kier molecular flexibility index (Phi) is 0.164. The molecule has 0 aliphatic heterocycles. The van der Waals surface area contributed by atoms with Crippen LogP contribution in [0.2, 0.25) is 2.82 Å². The molecule has 0 aliphatic rings. The van der Waals surface area contributed by atoms with Gasteiger partial charge in [0, 0.05) is 0 Å². The second-order valence-corrected chi connectivity index (χ2v) is 0.283. The molecule has 0 rings (SSSR count). The number of amides is 1. The molecule has 0 fully saturated rings. The molecule has 0 saturated carbocycles. The molecule has 3 nitrogen and oxygen atoms in total. The van der Waals surface area contributed by atoms with Crippen LogP contribution in [0.3, 0.4) is 0 Å². The average Bonchev–Trinajstić information content (AvgIpc) is 1.36. The molecule has 4 heavy (non-hydrogen) atoms. The number of primary amides is 1. The van der Waals surface area contributed by atoms with Crippen LogP contribution in [0.1, 0.15) is 0 Å². The van der Waals surface area contributed by atoms with E-state index in [2.05, 4.69) is 0 Å². The van der Waals surface area contributed by atoms with Crippen LogP contribution in [0.25, 0.3) is 0 Å². The lowest BCUT2D eigenvalue weighted by Crippen LogP contribution is -2.03. The van der Waals surface area contributed by atoms with Gasteiger partial charge in [0.1, 0.15) is 0 Å². The fourth-order valence-corrected chi connectivity index (χ4v) is 0. The van der Waals surface area contributed by atoms with Gasteiger partial charge in [-0.15, -0.1) is 0 Å². The maximum atomic E-state index is 9.25. The maximum Gasteiger partial charge on any atom is 0.402 e. The highest BCUT2D eigenvalue weighted by atomic mass is 16.4. The van der Waals surface area contributed by atoms with Gasteiger partial charge in [0.25, 0.3) is 0 Å². The molecule has 0 unspecified atom stereocenters. The lowest BCUT2D eigenvalue weighted by Gasteiger charge is -1.61. The van der Waals surface area contributed by atoms with E-state index in [1.807, 2.05) is 0 Å². The summed E-state index contributed by atoms with van der Waals surface area (Å²) in [7, 11) is 0. The van der Waals surface area contributed by atoms with Crippen molar-refractivity contribution in [3.05, 3.63) is 0 Å². The molecule has 1 amide bonds. The van der Waals surface area contributed by atoms with Crippen molar-refractivity contribution in [3.8, 4) is 0 Å². The van der Waals surface area contributed by atoms with Crippen LogP contribution in [0.5, 0.6) is 0 Å². The van der Waals surface area contributed by atoms with Gasteiger partial charge in [-0.3, -0.25) is 0 Å². The van der Waals surface area contributed by atoms with Crippen LogP contribution >= 0.6 is 0 Å². The monoisotopic (exact) mass is 63.0 g/mol. The van der Waals surface area contributed by atoms with Gasteiger partial charge in [-0.05, 0) is 0 Å². The molecule has 0 saturated heterocycles. The molecule has 0 aromatic rings. The minimum absolute atomic E-state index is 0.417. The van der Waals surface area contributed by atoms with Gasteiger partial charge in [-0.2, -0.15) is 0 Å². The first-order chi connectivity index (χ1) is 2.64. The first kappa shape index (κ1) is 0.924. The summed E-state index contributed by atoms with van der Waals surface area (Å²) in [6, 6.07) is 0. The van der Waals surface area contributed by atoms with Crippen LogP contribution in [0, 0.1) is 0 Å². The van der Waals surface area contributed by atoms with Crippen molar-refractivity contribution in [3.63, 3.8) is 0 Å². The van der Waals surface area contributed by atoms with E-state index in [1.165, 1.54) is 0 Å². The minimum atomic E-state index is -1.57. The summed E-state index contributed by atoms with van der Waals surface area (Å²) in [6.07, 6.45) is -1.57. The number of nitrogens with two attached hydrogens (primary N) is 1. The number of hydrogen-bond acceptors (Lipinski definition) is 1. The van der Waals surface area contributed by atoms with Gasteiger partial charge >= 0.3 is 6.09 Å². The largest absolute Gasteiger partial charge is 0.465 e. The maximum absolute atomic E-state index is 9.25. The van der Waals surface area contributed by atoms with E-state index in [-0.39, 0.29) is 0 Å². The third-order valence-electron chi connectivity index (χ3n) is 0. The average molecular weight is 63.1 g/mol. The molecule has 0 heterocycles. The SMILES string of the molecule is [2H]N([2H])C(=O)O. The Hall–Kier alpha value is -0.730. The molecule has 24 valence electrons. The van der Waals surface area contributed by atoms with Gasteiger partial charge in [-0.25, -0.2) is 4.79 Å². The Morgan fingerprint density at radius 3 is 2.75 bits per heavy atom. The molecule has 0 aromatic carbocycles. The van der Waals surface area contributed by atoms with Gasteiger partial charge < -0.3 is 10.8 Å². The zero-order chi connectivity index (χ0) is 5.15. The molecular weight excluding hydrogens is 58.0 g/mol. The van der Waals surface area contributed by atoms with E-state index in [9.17, 15) is 4.79 Å². The highest BCUT2D eigenvalue weighted by Gasteiger charge is 1.65. The number of rotatable bonds is 0. The first-order valence-electron chi connectivity index (χ1n) is 1.55. The molecule has 0 bridgehead atoms. The Morgan fingerprint density at radius 1 is 2.50 bits per heavy atom. The highest BCUT2D eigenvalue weighted by Crippen LogP contribution is 1.34. The smallest absolute Gasteiger partial charge is 0.402 e. The number of carbonyl (C=O) groups is 1. The molecule has 0 atom stereocenters. The Labute approximate surface area is 26.0 Å². The van der Waals surface area contributed by atoms with Crippen LogP contribution < -0.4 is 5.72 Å². The normalized spacial score (nSPS) is 12.0. The fraction of sp³-hybridized carbons (Fsp3) is 0. The second-order valence-electron chi connectivity index (χ2n) is 0.283. The molecule has 3 heteroatoms. The Bertz CT molecular complexity index is 62.6. The molecule has 3 N–H and O–H groups in total. The van der Waals surface area contributed by atoms with Gasteiger partial charge in [0.2, 0.25) is 0 Å². The third kappa shape index (κ3) is 0.174. The van der Waals surface area contributed by atoms with E-state index in [4.69, 9.17) is 7.93 Å². The minimum Gasteiger partial charge on any atom is -0.465 e. The summed E-state index contributed by atoms with van der Waals surface area (Å²) in [5.74, 6) is 0. The predicted octanol–water partition coefficient (Wildman–Crippen LogP) is -0.377. The van der Waals surface area contributed by atoms with Crippen molar-refractivity contribution in [2.24, 2.45) is 5.72 Å².